The van der Waals surface area contributed by atoms with Crippen LogP contribution in [-0.4, -0.2) is 28.6 Å². The average Bonchev–Trinajstić information content (AvgIpc) is 2.89. The Morgan fingerprint density at radius 3 is 2.82 bits per heavy atom. The second-order valence-corrected chi connectivity index (χ2v) is 4.50. The molecule has 0 spiro atoms. The molecule has 22 heavy (non-hydrogen) atoms. The molecule has 0 unspecified atom stereocenters. The van der Waals surface area contributed by atoms with Crippen LogP contribution in [-0.2, 0) is 0 Å². The van der Waals surface area contributed by atoms with Gasteiger partial charge in [-0.3, -0.25) is 5.10 Å². The molecule has 0 saturated carbocycles. The van der Waals surface area contributed by atoms with Gasteiger partial charge in [0.25, 0.3) is 0 Å². The topological polar surface area (TPSA) is 84.4 Å². The van der Waals surface area contributed by atoms with Gasteiger partial charge in [-0.1, -0.05) is 12.1 Å². The number of H-pyrrole nitrogens is 1. The lowest BCUT2D eigenvalue weighted by Crippen LogP contribution is -2.03. The third-order valence-corrected chi connectivity index (χ3v) is 3.13. The van der Waals surface area contributed by atoms with Crippen molar-refractivity contribution in [2.45, 2.75) is 0 Å². The predicted octanol–water partition coefficient (Wildman–Crippen LogP) is 3.43. The lowest BCUT2D eigenvalue weighted by atomic mass is 10.1. The maximum Gasteiger partial charge on any atom is 0.511 e. The molecule has 0 atom stereocenters. The molecule has 6 nitrogen and oxygen atoms in total. The number of rotatable bonds is 3. The number of carbonyl (C=O) groups is 1. The van der Waals surface area contributed by atoms with Gasteiger partial charge in [-0.15, -0.1) is 0 Å². The van der Waals surface area contributed by atoms with Crippen molar-refractivity contribution in [3.8, 4) is 22.8 Å². The van der Waals surface area contributed by atoms with Crippen LogP contribution in [0.15, 0.2) is 36.4 Å². The molecule has 0 radical (unpaired) electrons. The summed E-state index contributed by atoms with van der Waals surface area (Å²) in [5, 5.41) is 16.3. The van der Waals surface area contributed by atoms with Crippen LogP contribution in [0.3, 0.4) is 0 Å². The minimum absolute atomic E-state index is 0.0934. The van der Waals surface area contributed by atoms with Crippen LogP contribution in [0.5, 0.6) is 11.5 Å². The first-order valence-electron chi connectivity index (χ1n) is 6.31. The number of carboxylic acid groups (broad SMARTS) is 1. The number of nitrogens with zero attached hydrogens (tertiary/aromatic N) is 1. The van der Waals surface area contributed by atoms with Gasteiger partial charge >= 0.3 is 6.16 Å². The molecule has 0 aliphatic rings. The van der Waals surface area contributed by atoms with Crippen molar-refractivity contribution in [2.24, 2.45) is 0 Å². The molecule has 1 aromatic heterocycles. The lowest BCUT2D eigenvalue weighted by molar-refractivity contribution is 0.144. The maximum atomic E-state index is 13.4. The van der Waals surface area contributed by atoms with Crippen LogP contribution in [0.2, 0.25) is 0 Å². The van der Waals surface area contributed by atoms with E-state index in [1.54, 1.807) is 12.1 Å². The number of hydrogen-bond acceptors (Lipinski definition) is 4. The Balaban J connectivity index is 2.22. The van der Waals surface area contributed by atoms with Gasteiger partial charge < -0.3 is 14.6 Å². The highest BCUT2D eigenvalue weighted by molar-refractivity contribution is 5.97. The molecule has 2 aromatic carbocycles. The zero-order valence-electron chi connectivity index (χ0n) is 11.5. The van der Waals surface area contributed by atoms with Crippen molar-refractivity contribution >= 4 is 17.1 Å². The number of nitrogens with one attached hydrogen (secondary N) is 1. The van der Waals surface area contributed by atoms with Crippen LogP contribution < -0.4 is 9.47 Å². The molecule has 0 aliphatic carbocycles. The zero-order chi connectivity index (χ0) is 15.7. The highest BCUT2D eigenvalue weighted by atomic mass is 19.1. The van der Waals surface area contributed by atoms with E-state index in [4.69, 9.17) is 9.84 Å². The fourth-order valence-corrected chi connectivity index (χ4v) is 2.24. The van der Waals surface area contributed by atoms with Gasteiger partial charge in [0.1, 0.15) is 28.5 Å². The van der Waals surface area contributed by atoms with Crippen LogP contribution in [0.25, 0.3) is 22.2 Å². The minimum Gasteiger partial charge on any atom is -0.494 e. The number of aromatic amines is 1. The fourth-order valence-electron chi connectivity index (χ4n) is 2.24. The van der Waals surface area contributed by atoms with Crippen LogP contribution >= 0.6 is 0 Å². The molecular formula is C15H11FN2O4. The average molecular weight is 302 g/mol. The Bertz CT molecular complexity index is 860. The van der Waals surface area contributed by atoms with Crippen molar-refractivity contribution in [1.82, 2.24) is 10.2 Å². The van der Waals surface area contributed by atoms with E-state index in [0.29, 0.717) is 27.9 Å². The highest BCUT2D eigenvalue weighted by Gasteiger charge is 2.15. The summed E-state index contributed by atoms with van der Waals surface area (Å²) >= 11 is 0. The van der Waals surface area contributed by atoms with E-state index >= 15 is 0 Å². The molecule has 2 N–H and O–H groups in total. The normalized spacial score (nSPS) is 10.6. The first kappa shape index (κ1) is 13.9. The van der Waals surface area contributed by atoms with Crippen molar-refractivity contribution in [3.63, 3.8) is 0 Å². The predicted molar refractivity (Wildman–Crippen MR) is 76.7 cm³/mol. The molecule has 3 aromatic rings. The van der Waals surface area contributed by atoms with Crippen LogP contribution in [0.4, 0.5) is 9.18 Å². The van der Waals surface area contributed by atoms with E-state index in [2.05, 4.69) is 14.9 Å². The molecule has 7 heteroatoms. The molecular weight excluding hydrogens is 291 g/mol. The van der Waals surface area contributed by atoms with Gasteiger partial charge in [0.05, 0.1) is 7.11 Å². The summed E-state index contributed by atoms with van der Waals surface area (Å²) in [6.45, 7) is 0. The van der Waals surface area contributed by atoms with Gasteiger partial charge in [0, 0.05) is 17.0 Å². The van der Waals surface area contributed by atoms with Gasteiger partial charge in [0.15, 0.2) is 0 Å². The molecule has 0 saturated heterocycles. The number of aromatic nitrogens is 2. The molecule has 1 heterocycles. The van der Waals surface area contributed by atoms with E-state index in [0.717, 1.165) is 0 Å². The Kier molecular flexibility index (Phi) is 3.38. The fraction of sp³-hybridized carbons (Fsp3) is 0.0667. The summed E-state index contributed by atoms with van der Waals surface area (Å²) in [7, 11) is 1.45. The zero-order valence-corrected chi connectivity index (χ0v) is 11.5. The second-order valence-electron chi connectivity index (χ2n) is 4.50. The molecule has 0 bridgehead atoms. The van der Waals surface area contributed by atoms with Crippen molar-refractivity contribution < 1.29 is 23.8 Å². The monoisotopic (exact) mass is 302 g/mol. The van der Waals surface area contributed by atoms with Gasteiger partial charge in [-0.25, -0.2) is 9.18 Å². The Hall–Kier alpha value is -3.09. The molecule has 0 amide bonds. The van der Waals surface area contributed by atoms with E-state index in [9.17, 15) is 9.18 Å². The van der Waals surface area contributed by atoms with Gasteiger partial charge in [0.2, 0.25) is 0 Å². The second kappa shape index (κ2) is 5.36. The molecule has 3 rings (SSSR count). The van der Waals surface area contributed by atoms with Crippen LogP contribution in [0.1, 0.15) is 0 Å². The highest BCUT2D eigenvalue weighted by Crippen LogP contribution is 2.35. The minimum atomic E-state index is -1.43. The summed E-state index contributed by atoms with van der Waals surface area (Å²) < 4.78 is 23.3. The first-order chi connectivity index (χ1) is 10.6. The number of methoxy groups -OCH3 is 1. The van der Waals surface area contributed by atoms with Gasteiger partial charge in [-0.05, 0) is 18.2 Å². The van der Waals surface area contributed by atoms with E-state index in [-0.39, 0.29) is 5.75 Å². The SMILES string of the molecule is COc1cc(OC(=O)O)cc2c(-c3cccc(F)c3)n[nH]c12. The summed E-state index contributed by atoms with van der Waals surface area (Å²) in [5.74, 6) is 0.0818. The standard InChI is InChI=1S/C15H11FN2O4/c1-21-12-7-10(22-15(19)20)6-11-13(17-18-14(11)12)8-3-2-4-9(16)5-8/h2-7H,1H3,(H,17,18)(H,19,20). The number of halogens is 1. The largest absolute Gasteiger partial charge is 0.511 e. The van der Waals surface area contributed by atoms with Crippen LogP contribution in [0, 0.1) is 5.82 Å². The quantitative estimate of drug-likeness (QED) is 0.572. The van der Waals surface area contributed by atoms with Gasteiger partial charge in [-0.2, -0.15) is 5.10 Å². The van der Waals surface area contributed by atoms with E-state index < -0.39 is 12.0 Å². The third-order valence-electron chi connectivity index (χ3n) is 3.13. The summed E-state index contributed by atoms with van der Waals surface area (Å²) in [6.07, 6.45) is -1.43. The Morgan fingerprint density at radius 1 is 1.32 bits per heavy atom. The molecule has 0 fully saturated rings. The van der Waals surface area contributed by atoms with Crippen molar-refractivity contribution in [1.29, 1.82) is 0 Å². The molecule has 112 valence electrons. The number of benzene rings is 2. The van der Waals surface area contributed by atoms with Crippen molar-refractivity contribution in [3.05, 3.63) is 42.2 Å². The maximum absolute atomic E-state index is 13.4. The molecule has 0 aliphatic heterocycles. The number of fused-ring (bicyclic) bond motifs is 1. The summed E-state index contributed by atoms with van der Waals surface area (Å²) in [5.41, 5.74) is 1.60. The Labute approximate surface area is 124 Å². The first-order valence-corrected chi connectivity index (χ1v) is 6.31. The third kappa shape index (κ3) is 2.44. The van der Waals surface area contributed by atoms with Crippen molar-refractivity contribution in [2.75, 3.05) is 7.11 Å². The Morgan fingerprint density at radius 2 is 2.14 bits per heavy atom. The number of hydrogen-bond donors (Lipinski definition) is 2. The lowest BCUT2D eigenvalue weighted by Gasteiger charge is -2.06. The number of ether oxygens (including phenoxy) is 2. The summed E-state index contributed by atoms with van der Waals surface area (Å²) in [4.78, 5) is 10.7. The van der Waals surface area contributed by atoms with E-state index in [1.807, 2.05) is 0 Å². The summed E-state index contributed by atoms with van der Waals surface area (Å²) in [6, 6.07) is 8.89. The smallest absolute Gasteiger partial charge is 0.494 e. The van der Waals surface area contributed by atoms with E-state index in [1.165, 1.54) is 31.4 Å².